The van der Waals surface area contributed by atoms with Crippen LogP contribution in [0.15, 0.2) is 24.3 Å². The minimum Gasteiger partial charge on any atom is -0.364 e. The highest BCUT2D eigenvalue weighted by Gasteiger charge is 2.14. The van der Waals surface area contributed by atoms with E-state index in [1.807, 2.05) is 18.5 Å². The van der Waals surface area contributed by atoms with Gasteiger partial charge in [-0.3, -0.25) is 4.68 Å². The van der Waals surface area contributed by atoms with Gasteiger partial charge in [-0.2, -0.15) is 5.10 Å². The molecule has 0 fully saturated rings. The van der Waals surface area contributed by atoms with Crippen LogP contribution in [0, 0.1) is 20.8 Å². The number of nitrogens with zero attached hydrogens (tertiary/aromatic N) is 4. The lowest BCUT2D eigenvalue weighted by Gasteiger charge is -2.10. The predicted octanol–water partition coefficient (Wildman–Crippen LogP) is 3.38. The highest BCUT2D eigenvalue weighted by molar-refractivity contribution is 5.87. The first-order valence-corrected chi connectivity index (χ1v) is 7.59. The van der Waals surface area contributed by atoms with Gasteiger partial charge in [-0.25, -0.2) is 9.97 Å². The normalized spacial score (nSPS) is 11.1. The van der Waals surface area contributed by atoms with Gasteiger partial charge in [0.2, 0.25) is 0 Å². The van der Waals surface area contributed by atoms with Crippen molar-refractivity contribution in [1.82, 2.24) is 19.7 Å². The van der Waals surface area contributed by atoms with Crippen molar-refractivity contribution >= 4 is 16.9 Å². The van der Waals surface area contributed by atoms with Crippen molar-refractivity contribution in [2.45, 2.75) is 40.8 Å². The Morgan fingerprint density at radius 1 is 1.05 bits per heavy atom. The molecular weight excluding hydrogens is 274 g/mol. The Hall–Kier alpha value is -2.43. The van der Waals surface area contributed by atoms with Gasteiger partial charge < -0.3 is 5.32 Å². The molecule has 0 atom stereocenters. The summed E-state index contributed by atoms with van der Waals surface area (Å²) in [6.07, 6.45) is 0. The van der Waals surface area contributed by atoms with E-state index in [1.165, 1.54) is 11.1 Å². The Morgan fingerprint density at radius 2 is 1.77 bits per heavy atom. The first-order chi connectivity index (χ1) is 10.6. The van der Waals surface area contributed by atoms with Gasteiger partial charge in [0.25, 0.3) is 0 Å². The van der Waals surface area contributed by atoms with Gasteiger partial charge in [-0.05, 0) is 33.3 Å². The largest absolute Gasteiger partial charge is 0.364 e. The molecule has 0 radical (unpaired) electrons. The van der Waals surface area contributed by atoms with Crippen molar-refractivity contribution in [3.8, 4) is 0 Å². The van der Waals surface area contributed by atoms with Crippen LogP contribution < -0.4 is 5.32 Å². The number of nitrogens with one attached hydrogen (secondary N) is 1. The molecule has 0 saturated carbocycles. The fraction of sp³-hybridized carbons (Fsp3) is 0.353. The third kappa shape index (κ3) is 2.66. The zero-order valence-corrected chi connectivity index (χ0v) is 13.5. The molecule has 0 bridgehead atoms. The summed E-state index contributed by atoms with van der Waals surface area (Å²) in [4.78, 5) is 9.11. The van der Waals surface area contributed by atoms with Crippen molar-refractivity contribution in [1.29, 1.82) is 0 Å². The molecule has 0 amide bonds. The molecule has 1 N–H and O–H groups in total. The van der Waals surface area contributed by atoms with Crippen LogP contribution in [-0.4, -0.2) is 19.7 Å². The van der Waals surface area contributed by atoms with E-state index in [1.54, 1.807) is 0 Å². The maximum atomic E-state index is 4.57. The Balaban J connectivity index is 1.97. The molecule has 114 valence electrons. The van der Waals surface area contributed by atoms with Crippen LogP contribution in [0.3, 0.4) is 0 Å². The zero-order chi connectivity index (χ0) is 15.7. The van der Waals surface area contributed by atoms with Gasteiger partial charge in [0, 0.05) is 13.1 Å². The molecule has 3 aromatic rings. The molecule has 3 rings (SSSR count). The van der Waals surface area contributed by atoms with Crippen LogP contribution in [-0.2, 0) is 13.1 Å². The van der Waals surface area contributed by atoms with Gasteiger partial charge in [0.1, 0.15) is 16.9 Å². The lowest BCUT2D eigenvalue weighted by molar-refractivity contribution is 0.675. The zero-order valence-electron chi connectivity index (χ0n) is 13.5. The van der Waals surface area contributed by atoms with Crippen LogP contribution in [0.1, 0.15) is 29.6 Å². The standard InChI is InChI=1S/C17H21N5/c1-5-22-16-15(12(3)21-22)19-13(4)20-17(16)18-10-14-8-6-11(2)7-9-14/h6-9H,5,10H2,1-4H3,(H,18,19,20). The Morgan fingerprint density at radius 3 is 2.45 bits per heavy atom. The minimum atomic E-state index is 0.736. The van der Waals surface area contributed by atoms with Gasteiger partial charge in [-0.1, -0.05) is 29.8 Å². The van der Waals surface area contributed by atoms with E-state index in [0.29, 0.717) is 0 Å². The topological polar surface area (TPSA) is 55.6 Å². The van der Waals surface area contributed by atoms with Crippen LogP contribution >= 0.6 is 0 Å². The number of aryl methyl sites for hydroxylation is 4. The third-order valence-electron chi connectivity index (χ3n) is 3.75. The van der Waals surface area contributed by atoms with Gasteiger partial charge in [0.15, 0.2) is 5.82 Å². The van der Waals surface area contributed by atoms with Crippen molar-refractivity contribution in [2.24, 2.45) is 0 Å². The monoisotopic (exact) mass is 295 g/mol. The number of hydrogen-bond donors (Lipinski definition) is 1. The van der Waals surface area contributed by atoms with Crippen LogP contribution in [0.5, 0.6) is 0 Å². The highest BCUT2D eigenvalue weighted by atomic mass is 15.3. The SMILES string of the molecule is CCn1nc(C)c2nc(C)nc(NCc3ccc(C)cc3)c21. The van der Waals surface area contributed by atoms with Crippen molar-refractivity contribution < 1.29 is 0 Å². The van der Waals surface area contributed by atoms with Crippen LogP contribution in [0.4, 0.5) is 5.82 Å². The predicted molar refractivity (Wildman–Crippen MR) is 89.0 cm³/mol. The smallest absolute Gasteiger partial charge is 0.156 e. The molecular formula is C17H21N5. The summed E-state index contributed by atoms with van der Waals surface area (Å²) in [6, 6.07) is 8.52. The van der Waals surface area contributed by atoms with E-state index in [-0.39, 0.29) is 0 Å². The summed E-state index contributed by atoms with van der Waals surface area (Å²) < 4.78 is 1.96. The number of aromatic nitrogens is 4. The molecule has 2 aromatic heterocycles. The van der Waals surface area contributed by atoms with Crippen molar-refractivity contribution in [2.75, 3.05) is 5.32 Å². The summed E-state index contributed by atoms with van der Waals surface area (Å²) in [5, 5.41) is 7.99. The van der Waals surface area contributed by atoms with Gasteiger partial charge in [0.05, 0.1) is 5.69 Å². The molecule has 1 aromatic carbocycles. The molecule has 0 aliphatic rings. The van der Waals surface area contributed by atoms with E-state index in [9.17, 15) is 0 Å². The Labute approximate surface area is 130 Å². The molecule has 0 aliphatic carbocycles. The first-order valence-electron chi connectivity index (χ1n) is 7.59. The molecule has 0 saturated heterocycles. The Kier molecular flexibility index (Phi) is 3.79. The van der Waals surface area contributed by atoms with E-state index in [0.717, 1.165) is 41.5 Å². The summed E-state index contributed by atoms with van der Waals surface area (Å²) in [5.74, 6) is 1.61. The third-order valence-corrected chi connectivity index (χ3v) is 3.75. The molecule has 2 heterocycles. The number of fused-ring (bicyclic) bond motifs is 1. The minimum absolute atomic E-state index is 0.736. The second-order valence-corrected chi connectivity index (χ2v) is 5.56. The second-order valence-electron chi connectivity index (χ2n) is 5.56. The van der Waals surface area contributed by atoms with Gasteiger partial charge in [-0.15, -0.1) is 0 Å². The summed E-state index contributed by atoms with van der Waals surface area (Å²) in [6.45, 7) is 9.62. The molecule has 22 heavy (non-hydrogen) atoms. The molecule has 0 aliphatic heterocycles. The van der Waals surface area contributed by atoms with E-state index >= 15 is 0 Å². The summed E-state index contributed by atoms with van der Waals surface area (Å²) in [5.41, 5.74) is 5.36. The lowest BCUT2D eigenvalue weighted by Crippen LogP contribution is -2.07. The number of rotatable bonds is 4. The highest BCUT2D eigenvalue weighted by Crippen LogP contribution is 2.23. The fourth-order valence-corrected chi connectivity index (χ4v) is 2.59. The molecule has 0 spiro atoms. The van der Waals surface area contributed by atoms with Crippen LogP contribution in [0.25, 0.3) is 11.0 Å². The lowest BCUT2D eigenvalue weighted by atomic mass is 10.1. The molecule has 5 nitrogen and oxygen atoms in total. The summed E-state index contributed by atoms with van der Waals surface area (Å²) >= 11 is 0. The average molecular weight is 295 g/mol. The van der Waals surface area contributed by atoms with Gasteiger partial charge >= 0.3 is 0 Å². The summed E-state index contributed by atoms with van der Waals surface area (Å²) in [7, 11) is 0. The van der Waals surface area contributed by atoms with E-state index in [4.69, 9.17) is 0 Å². The van der Waals surface area contributed by atoms with E-state index in [2.05, 4.69) is 58.5 Å². The fourth-order valence-electron chi connectivity index (χ4n) is 2.59. The molecule has 5 heteroatoms. The van der Waals surface area contributed by atoms with Crippen molar-refractivity contribution in [3.63, 3.8) is 0 Å². The van der Waals surface area contributed by atoms with Crippen molar-refractivity contribution in [3.05, 3.63) is 46.9 Å². The maximum Gasteiger partial charge on any atom is 0.156 e. The maximum absolute atomic E-state index is 4.57. The number of benzene rings is 1. The van der Waals surface area contributed by atoms with Crippen LogP contribution in [0.2, 0.25) is 0 Å². The van der Waals surface area contributed by atoms with E-state index < -0.39 is 0 Å². The number of anilines is 1. The quantitative estimate of drug-likeness (QED) is 0.801. The first kappa shape index (κ1) is 14.5. The number of hydrogen-bond acceptors (Lipinski definition) is 4. The Bertz CT molecular complexity index is 802. The molecule has 0 unspecified atom stereocenters. The average Bonchev–Trinajstić information content (AvgIpc) is 2.83. The second kappa shape index (κ2) is 5.75.